The van der Waals surface area contributed by atoms with Gasteiger partial charge < -0.3 is 15.0 Å². The standard InChI is InChI=1S/C17H21FN2O2S.ClH/c1-19-11-5-4-8-20(9-11)17(21)16-12(10-22-2)15-13(18)6-3-7-14(15)23-16;/h3,6-7,11,19H,4-5,8-10H2,1-2H3;1H. The minimum absolute atomic E-state index is 0. The zero-order chi connectivity index (χ0) is 16.4. The Kier molecular flexibility index (Phi) is 6.57. The van der Waals surface area contributed by atoms with E-state index >= 15 is 0 Å². The molecule has 0 spiro atoms. The minimum Gasteiger partial charge on any atom is -0.380 e. The average Bonchev–Trinajstić information content (AvgIpc) is 2.94. The Morgan fingerprint density at radius 3 is 3.00 bits per heavy atom. The summed E-state index contributed by atoms with van der Waals surface area (Å²) in [5.41, 5.74) is 0.669. The fraction of sp³-hybridized carbons (Fsp3) is 0.471. The quantitative estimate of drug-likeness (QED) is 0.894. The third kappa shape index (κ3) is 3.57. The van der Waals surface area contributed by atoms with Crippen molar-refractivity contribution in [2.45, 2.75) is 25.5 Å². The first-order valence-corrected chi connectivity index (χ1v) is 8.62. The topological polar surface area (TPSA) is 41.6 Å². The van der Waals surface area contributed by atoms with Crippen LogP contribution in [0.25, 0.3) is 10.1 Å². The molecule has 3 rings (SSSR count). The summed E-state index contributed by atoms with van der Waals surface area (Å²) in [6, 6.07) is 5.29. The molecule has 0 saturated carbocycles. The lowest BCUT2D eigenvalue weighted by Gasteiger charge is -2.32. The molecular formula is C17H22ClFN2O2S. The molecule has 1 atom stereocenters. The number of hydrogen-bond acceptors (Lipinski definition) is 4. The maximum atomic E-state index is 14.2. The third-order valence-corrected chi connectivity index (χ3v) is 5.55. The number of carbonyl (C=O) groups is 1. The fourth-order valence-electron chi connectivity index (χ4n) is 3.16. The maximum absolute atomic E-state index is 14.2. The van der Waals surface area contributed by atoms with E-state index in [1.165, 1.54) is 17.4 Å². The van der Waals surface area contributed by atoms with Crippen LogP contribution in [-0.4, -0.2) is 44.1 Å². The number of fused-ring (bicyclic) bond motifs is 1. The number of ether oxygens (including phenoxy) is 1. The molecule has 0 radical (unpaired) electrons. The van der Waals surface area contributed by atoms with E-state index in [1.54, 1.807) is 13.2 Å². The molecule has 1 aromatic heterocycles. The van der Waals surface area contributed by atoms with Crippen LogP contribution in [0.15, 0.2) is 18.2 Å². The summed E-state index contributed by atoms with van der Waals surface area (Å²) in [5.74, 6) is -0.311. The van der Waals surface area contributed by atoms with E-state index in [0.717, 1.165) is 24.1 Å². The number of methoxy groups -OCH3 is 1. The van der Waals surface area contributed by atoms with Crippen LogP contribution in [-0.2, 0) is 11.3 Å². The molecule has 1 amide bonds. The summed E-state index contributed by atoms with van der Waals surface area (Å²) < 4.78 is 20.2. The SMILES string of the molecule is CNC1CCCN(C(=O)c2sc3cccc(F)c3c2COC)C1.Cl. The number of nitrogens with zero attached hydrogens (tertiary/aromatic N) is 1. The van der Waals surface area contributed by atoms with E-state index in [4.69, 9.17) is 4.74 Å². The number of piperidine rings is 1. The minimum atomic E-state index is -0.295. The Morgan fingerprint density at radius 2 is 2.29 bits per heavy atom. The molecule has 1 N–H and O–H groups in total. The van der Waals surface area contributed by atoms with Crippen molar-refractivity contribution in [1.82, 2.24) is 10.2 Å². The van der Waals surface area contributed by atoms with E-state index < -0.39 is 0 Å². The molecule has 1 aromatic carbocycles. The van der Waals surface area contributed by atoms with E-state index in [2.05, 4.69) is 5.32 Å². The van der Waals surface area contributed by atoms with E-state index in [0.29, 0.717) is 28.4 Å². The van der Waals surface area contributed by atoms with Gasteiger partial charge in [0.15, 0.2) is 0 Å². The van der Waals surface area contributed by atoms with Crippen LogP contribution in [0, 0.1) is 5.82 Å². The van der Waals surface area contributed by atoms with Crippen molar-refractivity contribution < 1.29 is 13.9 Å². The summed E-state index contributed by atoms with van der Waals surface area (Å²) in [5, 5.41) is 3.76. The van der Waals surface area contributed by atoms with Gasteiger partial charge in [-0.25, -0.2) is 4.39 Å². The smallest absolute Gasteiger partial charge is 0.264 e. The molecule has 2 heterocycles. The molecule has 24 heavy (non-hydrogen) atoms. The summed E-state index contributed by atoms with van der Waals surface area (Å²) in [6.07, 6.45) is 2.06. The second-order valence-electron chi connectivity index (χ2n) is 5.83. The number of thiophene rings is 1. The first kappa shape index (κ1) is 19.1. The Labute approximate surface area is 151 Å². The molecule has 2 aromatic rings. The number of amides is 1. The number of likely N-dealkylation sites (N-methyl/N-ethyl adjacent to an activating group) is 1. The first-order valence-electron chi connectivity index (χ1n) is 7.81. The van der Waals surface area contributed by atoms with Gasteiger partial charge in [0, 0.05) is 41.9 Å². The lowest BCUT2D eigenvalue weighted by Crippen LogP contribution is -2.46. The van der Waals surface area contributed by atoms with Crippen molar-refractivity contribution in [3.05, 3.63) is 34.5 Å². The van der Waals surface area contributed by atoms with Crippen LogP contribution < -0.4 is 5.32 Å². The number of hydrogen-bond donors (Lipinski definition) is 1. The van der Waals surface area contributed by atoms with Gasteiger partial charge in [-0.2, -0.15) is 0 Å². The summed E-state index contributed by atoms with van der Waals surface area (Å²) in [7, 11) is 3.49. The van der Waals surface area contributed by atoms with Gasteiger partial charge in [0.2, 0.25) is 0 Å². The molecule has 4 nitrogen and oxygen atoms in total. The molecule has 7 heteroatoms. The van der Waals surface area contributed by atoms with Crippen LogP contribution in [0.1, 0.15) is 28.1 Å². The lowest BCUT2D eigenvalue weighted by atomic mass is 10.0. The normalized spacial score (nSPS) is 17.8. The molecule has 1 unspecified atom stereocenters. The lowest BCUT2D eigenvalue weighted by molar-refractivity contribution is 0.0699. The van der Waals surface area contributed by atoms with Gasteiger partial charge in [-0.05, 0) is 32.0 Å². The number of nitrogens with one attached hydrogen (secondary N) is 1. The zero-order valence-corrected chi connectivity index (χ0v) is 15.4. The highest BCUT2D eigenvalue weighted by Gasteiger charge is 2.28. The highest BCUT2D eigenvalue weighted by molar-refractivity contribution is 7.21. The Hall–Kier alpha value is -1.21. The number of rotatable bonds is 4. The number of likely N-dealkylation sites (tertiary alicyclic amines) is 1. The summed E-state index contributed by atoms with van der Waals surface area (Å²) in [6.45, 7) is 1.68. The van der Waals surface area contributed by atoms with Crippen LogP contribution in [0.2, 0.25) is 0 Å². The van der Waals surface area contributed by atoms with Crippen molar-refractivity contribution in [3.8, 4) is 0 Å². The van der Waals surface area contributed by atoms with Crippen LogP contribution >= 0.6 is 23.7 Å². The molecule has 0 aliphatic carbocycles. The van der Waals surface area contributed by atoms with Gasteiger partial charge in [0.1, 0.15) is 5.82 Å². The van der Waals surface area contributed by atoms with Gasteiger partial charge in [-0.1, -0.05) is 6.07 Å². The van der Waals surface area contributed by atoms with Gasteiger partial charge >= 0.3 is 0 Å². The Balaban J connectivity index is 0.00000208. The highest BCUT2D eigenvalue weighted by atomic mass is 35.5. The Morgan fingerprint density at radius 1 is 1.50 bits per heavy atom. The van der Waals surface area contributed by atoms with Crippen LogP contribution in [0.5, 0.6) is 0 Å². The molecule has 1 saturated heterocycles. The maximum Gasteiger partial charge on any atom is 0.264 e. The number of carbonyl (C=O) groups excluding carboxylic acids is 1. The Bertz CT molecular complexity index is 722. The molecular weight excluding hydrogens is 351 g/mol. The van der Waals surface area contributed by atoms with Crippen molar-refractivity contribution >= 4 is 39.7 Å². The highest BCUT2D eigenvalue weighted by Crippen LogP contribution is 2.35. The fourth-order valence-corrected chi connectivity index (χ4v) is 4.35. The third-order valence-electron chi connectivity index (χ3n) is 4.36. The van der Waals surface area contributed by atoms with E-state index in [9.17, 15) is 9.18 Å². The van der Waals surface area contributed by atoms with E-state index in [-0.39, 0.29) is 30.7 Å². The van der Waals surface area contributed by atoms with Gasteiger partial charge in [0.05, 0.1) is 11.5 Å². The second kappa shape index (κ2) is 8.25. The molecule has 1 aliphatic rings. The van der Waals surface area contributed by atoms with E-state index in [1.807, 2.05) is 18.0 Å². The van der Waals surface area contributed by atoms with Crippen molar-refractivity contribution in [3.63, 3.8) is 0 Å². The zero-order valence-electron chi connectivity index (χ0n) is 13.8. The van der Waals surface area contributed by atoms with Crippen molar-refractivity contribution in [2.24, 2.45) is 0 Å². The second-order valence-corrected chi connectivity index (χ2v) is 6.89. The molecule has 132 valence electrons. The van der Waals surface area contributed by atoms with Crippen LogP contribution in [0.4, 0.5) is 4.39 Å². The molecule has 1 aliphatic heterocycles. The summed E-state index contributed by atoms with van der Waals surface area (Å²) >= 11 is 1.36. The largest absolute Gasteiger partial charge is 0.380 e. The number of benzene rings is 1. The first-order chi connectivity index (χ1) is 11.2. The van der Waals surface area contributed by atoms with Gasteiger partial charge in [0.25, 0.3) is 5.91 Å². The monoisotopic (exact) mass is 372 g/mol. The molecule has 1 fully saturated rings. The predicted octanol–water partition coefficient (Wildman–Crippen LogP) is 3.43. The number of halogens is 2. The van der Waals surface area contributed by atoms with Gasteiger partial charge in [-0.3, -0.25) is 4.79 Å². The van der Waals surface area contributed by atoms with Crippen molar-refractivity contribution in [1.29, 1.82) is 0 Å². The summed E-state index contributed by atoms with van der Waals surface area (Å²) in [4.78, 5) is 15.4. The van der Waals surface area contributed by atoms with Gasteiger partial charge in [-0.15, -0.1) is 23.7 Å². The van der Waals surface area contributed by atoms with Crippen molar-refractivity contribution in [2.75, 3.05) is 27.2 Å². The predicted molar refractivity (Wildman–Crippen MR) is 97.7 cm³/mol. The molecule has 0 bridgehead atoms. The average molecular weight is 373 g/mol. The van der Waals surface area contributed by atoms with Crippen LogP contribution in [0.3, 0.4) is 0 Å².